The second kappa shape index (κ2) is 4.91. The molecule has 19 heavy (non-hydrogen) atoms. The van der Waals surface area contributed by atoms with E-state index in [4.69, 9.17) is 0 Å². The van der Waals surface area contributed by atoms with E-state index < -0.39 is 0 Å². The summed E-state index contributed by atoms with van der Waals surface area (Å²) in [6.07, 6.45) is 0.962. The van der Waals surface area contributed by atoms with Gasteiger partial charge in [-0.3, -0.25) is 13.9 Å². The topological polar surface area (TPSA) is 73.8 Å². The van der Waals surface area contributed by atoms with Crippen LogP contribution in [0.5, 0.6) is 0 Å². The van der Waals surface area contributed by atoms with Crippen molar-refractivity contribution in [2.24, 2.45) is 14.1 Å². The van der Waals surface area contributed by atoms with Crippen LogP contribution in [0.15, 0.2) is 9.59 Å². The first kappa shape index (κ1) is 13.4. The second-order valence-electron chi connectivity index (χ2n) is 4.48. The molecule has 2 aromatic rings. The molecule has 0 aromatic carbocycles. The van der Waals surface area contributed by atoms with Crippen molar-refractivity contribution < 1.29 is 0 Å². The van der Waals surface area contributed by atoms with Gasteiger partial charge in [-0.05, 0) is 13.3 Å². The Kier molecular flexibility index (Phi) is 3.46. The van der Waals surface area contributed by atoms with Gasteiger partial charge in [0.25, 0.3) is 5.56 Å². The average Bonchev–Trinajstić information content (AvgIpc) is 2.79. The summed E-state index contributed by atoms with van der Waals surface area (Å²) in [6.45, 7) is 5.40. The minimum Gasteiger partial charge on any atom is -0.356 e. The number of aromatic nitrogens is 4. The molecule has 0 fully saturated rings. The van der Waals surface area contributed by atoms with E-state index in [1.807, 2.05) is 11.5 Å². The van der Waals surface area contributed by atoms with Gasteiger partial charge in [-0.1, -0.05) is 6.92 Å². The number of imidazole rings is 1. The van der Waals surface area contributed by atoms with E-state index in [0.717, 1.165) is 17.5 Å². The first-order valence-corrected chi connectivity index (χ1v) is 6.43. The molecule has 0 atom stereocenters. The van der Waals surface area contributed by atoms with E-state index in [-0.39, 0.29) is 11.2 Å². The molecule has 2 aromatic heterocycles. The fourth-order valence-corrected chi connectivity index (χ4v) is 2.13. The molecule has 0 unspecified atom stereocenters. The number of rotatable bonds is 4. The number of fused-ring (bicyclic) bond motifs is 1. The molecule has 2 rings (SSSR count). The molecule has 0 aliphatic rings. The van der Waals surface area contributed by atoms with Gasteiger partial charge < -0.3 is 9.88 Å². The Bertz CT molecular complexity index is 722. The van der Waals surface area contributed by atoms with Gasteiger partial charge in [-0.15, -0.1) is 0 Å². The zero-order valence-corrected chi connectivity index (χ0v) is 11.7. The van der Waals surface area contributed by atoms with Crippen molar-refractivity contribution in [1.29, 1.82) is 0 Å². The Balaban J connectivity index is 2.83. The van der Waals surface area contributed by atoms with Crippen LogP contribution < -0.4 is 16.6 Å². The number of hydrogen-bond donors (Lipinski definition) is 1. The van der Waals surface area contributed by atoms with Gasteiger partial charge in [-0.25, -0.2) is 4.79 Å². The number of nitrogens with one attached hydrogen (secondary N) is 1. The number of anilines is 1. The van der Waals surface area contributed by atoms with Crippen LogP contribution >= 0.6 is 0 Å². The van der Waals surface area contributed by atoms with Gasteiger partial charge in [0.2, 0.25) is 5.95 Å². The summed E-state index contributed by atoms with van der Waals surface area (Å²) < 4.78 is 4.33. The smallest absolute Gasteiger partial charge is 0.332 e. The van der Waals surface area contributed by atoms with Crippen LogP contribution in [0.4, 0.5) is 5.95 Å². The lowest BCUT2D eigenvalue weighted by Gasteiger charge is -2.07. The van der Waals surface area contributed by atoms with Gasteiger partial charge in [0.05, 0.1) is 0 Å². The van der Waals surface area contributed by atoms with Crippen molar-refractivity contribution in [3.05, 3.63) is 20.8 Å². The third kappa shape index (κ3) is 1.94. The van der Waals surface area contributed by atoms with Gasteiger partial charge in [0.15, 0.2) is 11.2 Å². The molecule has 1 N–H and O–H groups in total. The lowest BCUT2D eigenvalue weighted by molar-refractivity contribution is 0.700. The SMILES string of the molecule is CCCNc1nc2c(c(=O)n(C)c(=O)n2C)n1CC. The lowest BCUT2D eigenvalue weighted by Crippen LogP contribution is -2.37. The highest BCUT2D eigenvalue weighted by Crippen LogP contribution is 2.14. The van der Waals surface area contributed by atoms with Crippen LogP contribution in [0.3, 0.4) is 0 Å². The molecule has 0 saturated carbocycles. The van der Waals surface area contributed by atoms with Crippen molar-refractivity contribution >= 4 is 17.1 Å². The normalized spacial score (nSPS) is 11.2. The Hall–Kier alpha value is -2.05. The molecule has 0 saturated heterocycles. The summed E-state index contributed by atoms with van der Waals surface area (Å²) >= 11 is 0. The van der Waals surface area contributed by atoms with Crippen LogP contribution in [0.2, 0.25) is 0 Å². The third-order valence-electron chi connectivity index (χ3n) is 3.20. The standard InChI is InChI=1S/C12H19N5O2/c1-5-7-13-11-14-9-8(17(11)6-2)10(18)16(4)12(19)15(9)3/h5-7H2,1-4H3,(H,13,14). The van der Waals surface area contributed by atoms with Crippen molar-refractivity contribution in [3.63, 3.8) is 0 Å². The number of aryl methyl sites for hydroxylation is 2. The average molecular weight is 265 g/mol. The monoisotopic (exact) mass is 265 g/mol. The first-order valence-electron chi connectivity index (χ1n) is 6.43. The molecule has 7 nitrogen and oxygen atoms in total. The summed E-state index contributed by atoms with van der Waals surface area (Å²) in [5.41, 5.74) is 0.219. The Morgan fingerprint density at radius 3 is 2.42 bits per heavy atom. The Labute approximate surface area is 110 Å². The molecule has 2 heterocycles. The molecular formula is C12H19N5O2. The first-order chi connectivity index (χ1) is 9.02. The molecule has 7 heteroatoms. The zero-order valence-electron chi connectivity index (χ0n) is 11.7. The predicted octanol–water partition coefficient (Wildman–Crippen LogP) is 0.275. The minimum atomic E-state index is -0.361. The highest BCUT2D eigenvalue weighted by molar-refractivity contribution is 5.74. The highest BCUT2D eigenvalue weighted by atomic mass is 16.2. The van der Waals surface area contributed by atoms with Crippen molar-refractivity contribution in [2.75, 3.05) is 11.9 Å². The molecule has 0 bridgehead atoms. The van der Waals surface area contributed by atoms with Crippen LogP contribution in [0.1, 0.15) is 20.3 Å². The zero-order chi connectivity index (χ0) is 14.2. The summed E-state index contributed by atoms with van der Waals surface area (Å²) in [4.78, 5) is 28.5. The van der Waals surface area contributed by atoms with Crippen LogP contribution in [-0.2, 0) is 20.6 Å². The quantitative estimate of drug-likeness (QED) is 0.861. The summed E-state index contributed by atoms with van der Waals surface area (Å²) in [7, 11) is 3.11. The van der Waals surface area contributed by atoms with Crippen molar-refractivity contribution in [1.82, 2.24) is 18.7 Å². The Morgan fingerprint density at radius 1 is 1.16 bits per heavy atom. The van der Waals surface area contributed by atoms with Crippen LogP contribution in [0, 0.1) is 0 Å². The summed E-state index contributed by atoms with van der Waals surface area (Å²) in [5, 5.41) is 3.18. The van der Waals surface area contributed by atoms with Gasteiger partial charge in [0.1, 0.15) is 0 Å². The second-order valence-corrected chi connectivity index (χ2v) is 4.48. The van der Waals surface area contributed by atoms with E-state index in [0.29, 0.717) is 23.7 Å². The molecule has 0 amide bonds. The van der Waals surface area contributed by atoms with Crippen molar-refractivity contribution in [3.8, 4) is 0 Å². The van der Waals surface area contributed by atoms with E-state index >= 15 is 0 Å². The van der Waals surface area contributed by atoms with E-state index in [9.17, 15) is 9.59 Å². The maximum atomic E-state index is 12.2. The minimum absolute atomic E-state index is 0.308. The molecule has 0 radical (unpaired) electrons. The maximum absolute atomic E-state index is 12.2. The highest BCUT2D eigenvalue weighted by Gasteiger charge is 2.17. The van der Waals surface area contributed by atoms with Gasteiger partial charge >= 0.3 is 5.69 Å². The van der Waals surface area contributed by atoms with E-state index in [2.05, 4.69) is 17.2 Å². The fraction of sp³-hybridized carbons (Fsp3) is 0.583. The Morgan fingerprint density at radius 2 is 1.84 bits per heavy atom. The molecule has 0 aliphatic carbocycles. The van der Waals surface area contributed by atoms with E-state index in [1.165, 1.54) is 11.6 Å². The van der Waals surface area contributed by atoms with E-state index in [1.54, 1.807) is 7.05 Å². The maximum Gasteiger partial charge on any atom is 0.332 e. The number of hydrogen-bond acceptors (Lipinski definition) is 4. The molecule has 0 aliphatic heterocycles. The predicted molar refractivity (Wildman–Crippen MR) is 74.7 cm³/mol. The largest absolute Gasteiger partial charge is 0.356 e. The summed E-state index contributed by atoms with van der Waals surface area (Å²) in [6, 6.07) is 0. The molecular weight excluding hydrogens is 246 g/mol. The van der Waals surface area contributed by atoms with Gasteiger partial charge in [-0.2, -0.15) is 4.98 Å². The molecule has 104 valence electrons. The fourth-order valence-electron chi connectivity index (χ4n) is 2.13. The number of nitrogens with zero attached hydrogens (tertiary/aromatic N) is 4. The van der Waals surface area contributed by atoms with Crippen molar-refractivity contribution in [2.45, 2.75) is 26.8 Å². The van der Waals surface area contributed by atoms with Gasteiger partial charge in [0, 0.05) is 27.2 Å². The third-order valence-corrected chi connectivity index (χ3v) is 3.20. The summed E-state index contributed by atoms with van der Waals surface area (Å²) in [5.74, 6) is 0.637. The van der Waals surface area contributed by atoms with Crippen LogP contribution in [0.25, 0.3) is 11.2 Å². The lowest BCUT2D eigenvalue weighted by atomic mass is 10.5. The van der Waals surface area contributed by atoms with Crippen LogP contribution in [-0.4, -0.2) is 25.2 Å². The molecule has 0 spiro atoms.